The van der Waals surface area contributed by atoms with Gasteiger partial charge in [-0.15, -0.1) is 0 Å². The SMILES string of the molecule is C[C@H](CCC(=O)OC1CCCO1)[C@H]1CC[C@H]2[C@@H]3C(=O)C[C@@H]4C[C@H](O)CC[C@]4(C)[C@H]3CC[C@]12C. The van der Waals surface area contributed by atoms with Crippen molar-refractivity contribution in [2.24, 2.45) is 46.3 Å². The van der Waals surface area contributed by atoms with Crippen molar-refractivity contribution < 1.29 is 24.2 Å². The molecule has 1 heterocycles. The fraction of sp³-hybridized carbons (Fsp3) is 0.929. The van der Waals surface area contributed by atoms with Gasteiger partial charge >= 0.3 is 5.97 Å². The highest BCUT2D eigenvalue weighted by atomic mass is 16.7. The summed E-state index contributed by atoms with van der Waals surface area (Å²) in [5, 5.41) is 10.2. The molecule has 4 saturated carbocycles. The molecule has 0 amide bonds. The monoisotopic (exact) mass is 460 g/mol. The molecule has 1 unspecified atom stereocenters. The van der Waals surface area contributed by atoms with Crippen LogP contribution in [-0.2, 0) is 19.1 Å². The molecule has 0 aromatic heterocycles. The molecule has 10 atom stereocenters. The first-order valence-electron chi connectivity index (χ1n) is 13.7. The Kier molecular flexibility index (Phi) is 6.44. The van der Waals surface area contributed by atoms with Crippen molar-refractivity contribution in [2.45, 2.75) is 110 Å². The molecule has 5 rings (SSSR count). The number of rotatable bonds is 5. The third-order valence-corrected chi connectivity index (χ3v) is 11.2. The summed E-state index contributed by atoms with van der Waals surface area (Å²) in [7, 11) is 0. The van der Waals surface area contributed by atoms with Gasteiger partial charge in [0.15, 0.2) is 0 Å². The van der Waals surface area contributed by atoms with E-state index in [0.29, 0.717) is 54.8 Å². The second-order valence-electron chi connectivity index (χ2n) is 12.7. The number of hydrogen-bond acceptors (Lipinski definition) is 5. The molecule has 0 aromatic carbocycles. The number of carbonyl (C=O) groups is 2. The molecule has 1 saturated heterocycles. The van der Waals surface area contributed by atoms with Gasteiger partial charge < -0.3 is 14.6 Å². The molecular weight excluding hydrogens is 416 g/mol. The molecule has 0 bridgehead atoms. The fourth-order valence-corrected chi connectivity index (χ4v) is 9.28. The lowest BCUT2D eigenvalue weighted by Gasteiger charge is -2.60. The first-order valence-corrected chi connectivity index (χ1v) is 13.7. The van der Waals surface area contributed by atoms with Crippen LogP contribution in [0.4, 0.5) is 0 Å². The highest BCUT2D eigenvalue weighted by Crippen LogP contribution is 2.67. The summed E-state index contributed by atoms with van der Waals surface area (Å²) < 4.78 is 10.9. The molecule has 5 aliphatic rings. The van der Waals surface area contributed by atoms with Gasteiger partial charge in [0.2, 0.25) is 6.29 Å². The summed E-state index contributed by atoms with van der Waals surface area (Å²) in [6, 6.07) is 0. The van der Waals surface area contributed by atoms with Crippen LogP contribution in [0.25, 0.3) is 0 Å². The van der Waals surface area contributed by atoms with Gasteiger partial charge in [0.05, 0.1) is 12.7 Å². The predicted octanol–water partition coefficient (Wildman–Crippen LogP) is 5.28. The zero-order valence-electron chi connectivity index (χ0n) is 20.9. The lowest BCUT2D eigenvalue weighted by molar-refractivity contribution is -0.170. The van der Waals surface area contributed by atoms with E-state index in [2.05, 4.69) is 20.8 Å². The van der Waals surface area contributed by atoms with E-state index in [4.69, 9.17) is 9.47 Å². The number of carbonyl (C=O) groups excluding carboxylic acids is 2. The fourth-order valence-electron chi connectivity index (χ4n) is 9.28. The number of ketones is 1. The average molecular weight is 461 g/mol. The van der Waals surface area contributed by atoms with Gasteiger partial charge in [-0.2, -0.15) is 0 Å². The first-order chi connectivity index (χ1) is 15.7. The van der Waals surface area contributed by atoms with Gasteiger partial charge in [-0.25, -0.2) is 0 Å². The largest absolute Gasteiger partial charge is 0.436 e. The summed E-state index contributed by atoms with van der Waals surface area (Å²) in [5.41, 5.74) is 0.418. The van der Waals surface area contributed by atoms with Crippen LogP contribution in [0.15, 0.2) is 0 Å². The minimum absolute atomic E-state index is 0.127. The molecule has 5 heteroatoms. The Hall–Kier alpha value is -0.940. The highest BCUT2D eigenvalue weighted by Gasteiger charge is 2.63. The summed E-state index contributed by atoms with van der Waals surface area (Å²) in [6.07, 6.45) is 10.7. The number of hydrogen-bond donors (Lipinski definition) is 1. The molecule has 0 aromatic rings. The summed E-state index contributed by atoms with van der Waals surface area (Å²) in [5.74, 6) is 2.95. The highest BCUT2D eigenvalue weighted by molar-refractivity contribution is 5.83. The van der Waals surface area contributed by atoms with Crippen molar-refractivity contribution in [3.8, 4) is 0 Å². The van der Waals surface area contributed by atoms with E-state index >= 15 is 0 Å². The van der Waals surface area contributed by atoms with Crippen molar-refractivity contribution in [1.82, 2.24) is 0 Å². The van der Waals surface area contributed by atoms with E-state index in [1.165, 1.54) is 12.8 Å². The second-order valence-corrected chi connectivity index (χ2v) is 12.7. The maximum Gasteiger partial charge on any atom is 0.308 e. The Labute approximate surface area is 199 Å². The Morgan fingerprint density at radius 2 is 1.88 bits per heavy atom. The van der Waals surface area contributed by atoms with E-state index in [1.54, 1.807) is 0 Å². The first kappa shape index (κ1) is 23.8. The van der Waals surface area contributed by atoms with Crippen LogP contribution < -0.4 is 0 Å². The minimum atomic E-state index is -0.333. The normalized spacial score (nSPS) is 48.0. The topological polar surface area (TPSA) is 72.8 Å². The van der Waals surface area contributed by atoms with Crippen LogP contribution >= 0.6 is 0 Å². The number of ether oxygens (including phenoxy) is 2. The van der Waals surface area contributed by atoms with E-state index in [1.807, 2.05) is 0 Å². The van der Waals surface area contributed by atoms with Crippen LogP contribution in [0.5, 0.6) is 0 Å². The van der Waals surface area contributed by atoms with Gasteiger partial charge in [-0.05, 0) is 98.2 Å². The molecule has 0 spiro atoms. The molecule has 186 valence electrons. The molecule has 1 N–H and O–H groups in total. The molecule has 1 aliphatic heterocycles. The third kappa shape index (κ3) is 4.09. The summed E-state index contributed by atoms with van der Waals surface area (Å²) in [6.45, 7) is 7.90. The molecule has 5 fully saturated rings. The number of aliphatic hydroxyl groups is 1. The van der Waals surface area contributed by atoms with Crippen molar-refractivity contribution in [3.05, 3.63) is 0 Å². The van der Waals surface area contributed by atoms with Crippen LogP contribution in [-0.4, -0.2) is 35.9 Å². The van der Waals surface area contributed by atoms with Gasteiger partial charge in [0.1, 0.15) is 5.78 Å². The zero-order valence-corrected chi connectivity index (χ0v) is 20.9. The minimum Gasteiger partial charge on any atom is -0.436 e. The number of Topliss-reactive ketones (excluding diaryl/α,β-unsaturated/α-hetero) is 1. The van der Waals surface area contributed by atoms with Gasteiger partial charge in [0, 0.05) is 25.2 Å². The number of aliphatic hydroxyl groups excluding tert-OH is 1. The van der Waals surface area contributed by atoms with E-state index in [-0.39, 0.29) is 35.1 Å². The Morgan fingerprint density at radius 1 is 1.12 bits per heavy atom. The van der Waals surface area contributed by atoms with Crippen LogP contribution in [0, 0.1) is 46.3 Å². The van der Waals surface area contributed by atoms with Gasteiger partial charge in [0.25, 0.3) is 0 Å². The number of esters is 1. The summed E-state index contributed by atoms with van der Waals surface area (Å²) in [4.78, 5) is 25.9. The van der Waals surface area contributed by atoms with E-state index < -0.39 is 0 Å². The quantitative estimate of drug-likeness (QED) is 0.565. The summed E-state index contributed by atoms with van der Waals surface area (Å²) >= 11 is 0. The number of fused-ring (bicyclic) bond motifs is 5. The van der Waals surface area contributed by atoms with E-state index in [9.17, 15) is 14.7 Å². The van der Waals surface area contributed by atoms with E-state index in [0.717, 1.165) is 51.4 Å². The van der Waals surface area contributed by atoms with Crippen molar-refractivity contribution in [1.29, 1.82) is 0 Å². The average Bonchev–Trinajstić information content (AvgIpc) is 3.40. The molecule has 33 heavy (non-hydrogen) atoms. The Bertz CT molecular complexity index is 759. The second kappa shape index (κ2) is 8.93. The lowest BCUT2D eigenvalue weighted by atomic mass is 9.44. The molecule has 0 radical (unpaired) electrons. The van der Waals surface area contributed by atoms with Gasteiger partial charge in [-0.3, -0.25) is 9.59 Å². The van der Waals surface area contributed by atoms with Crippen LogP contribution in [0.3, 0.4) is 0 Å². The predicted molar refractivity (Wildman–Crippen MR) is 125 cm³/mol. The maximum absolute atomic E-state index is 13.5. The van der Waals surface area contributed by atoms with Crippen molar-refractivity contribution >= 4 is 11.8 Å². The lowest BCUT2D eigenvalue weighted by Crippen LogP contribution is -2.57. The molecular formula is C28H44O5. The van der Waals surface area contributed by atoms with Crippen LogP contribution in [0.2, 0.25) is 0 Å². The standard InChI is InChI=1S/C28H44O5/c1-17(6-9-24(31)33-25-5-4-14-32-25)20-7-8-21-26-22(11-13-28(20,21)3)27(2)12-10-19(29)15-18(27)16-23(26)30/h17-22,25-26,29H,4-16H2,1-3H3/t17-,18+,19-,20-,21+,22+,25?,26+,27+,28-/m1/s1. The molecule has 5 nitrogen and oxygen atoms in total. The van der Waals surface area contributed by atoms with Crippen molar-refractivity contribution in [2.75, 3.05) is 6.61 Å². The van der Waals surface area contributed by atoms with Gasteiger partial charge in [-0.1, -0.05) is 20.8 Å². The smallest absolute Gasteiger partial charge is 0.308 e. The van der Waals surface area contributed by atoms with Crippen molar-refractivity contribution in [3.63, 3.8) is 0 Å². The molecule has 4 aliphatic carbocycles. The third-order valence-electron chi connectivity index (χ3n) is 11.2. The van der Waals surface area contributed by atoms with Crippen LogP contribution in [0.1, 0.15) is 97.8 Å². The Balaban J connectivity index is 1.25. The zero-order chi connectivity index (χ0) is 23.4. The Morgan fingerprint density at radius 3 is 2.64 bits per heavy atom. The maximum atomic E-state index is 13.5.